The lowest BCUT2D eigenvalue weighted by Crippen LogP contribution is -2.18. The van der Waals surface area contributed by atoms with E-state index in [1.165, 1.54) is 24.3 Å². The lowest BCUT2D eigenvalue weighted by Gasteiger charge is -2.15. The number of hydrogen-bond acceptors (Lipinski definition) is 1. The van der Waals surface area contributed by atoms with Crippen molar-refractivity contribution in [2.24, 2.45) is 0 Å². The summed E-state index contributed by atoms with van der Waals surface area (Å²) in [4.78, 5) is 0. The fraction of sp³-hybridized carbons (Fsp3) is 0.200. The van der Waals surface area contributed by atoms with E-state index in [1.54, 1.807) is 12.1 Å². The highest BCUT2D eigenvalue weighted by Crippen LogP contribution is 2.19. The molecule has 0 saturated heterocycles. The first-order valence-corrected chi connectivity index (χ1v) is 6.78. The second-order valence-electron chi connectivity index (χ2n) is 4.39. The predicted molar refractivity (Wildman–Crippen MR) is 75.8 cm³/mol. The maximum atomic E-state index is 13.1. The van der Waals surface area contributed by atoms with Gasteiger partial charge in [-0.2, -0.15) is 0 Å². The third kappa shape index (κ3) is 3.85. The van der Waals surface area contributed by atoms with Crippen molar-refractivity contribution in [3.05, 3.63) is 69.7 Å². The molecule has 4 heteroatoms. The molecule has 2 aromatic rings. The van der Waals surface area contributed by atoms with Gasteiger partial charge in [-0.15, -0.1) is 0 Å². The van der Waals surface area contributed by atoms with E-state index < -0.39 is 0 Å². The molecule has 1 atom stereocenters. The molecule has 2 aromatic carbocycles. The minimum absolute atomic E-state index is 0.00846. The van der Waals surface area contributed by atoms with Crippen molar-refractivity contribution < 1.29 is 8.78 Å². The van der Waals surface area contributed by atoms with Crippen LogP contribution in [0.1, 0.15) is 24.1 Å². The fourth-order valence-electron chi connectivity index (χ4n) is 1.84. The SMILES string of the molecule is C[C@H](NCc1cc(F)ccc1Br)c1cccc(F)c1. The van der Waals surface area contributed by atoms with Crippen molar-refractivity contribution in [2.45, 2.75) is 19.5 Å². The lowest BCUT2D eigenvalue weighted by atomic mass is 10.1. The summed E-state index contributed by atoms with van der Waals surface area (Å²) in [6.45, 7) is 2.46. The summed E-state index contributed by atoms with van der Waals surface area (Å²) in [5, 5.41) is 3.25. The van der Waals surface area contributed by atoms with Gasteiger partial charge >= 0.3 is 0 Å². The molecular formula is C15H14BrF2N. The Bertz CT molecular complexity index is 572. The first kappa shape index (κ1) is 14.2. The first-order valence-electron chi connectivity index (χ1n) is 5.99. The van der Waals surface area contributed by atoms with Gasteiger partial charge in [0.05, 0.1) is 0 Å². The molecule has 0 aromatic heterocycles. The maximum Gasteiger partial charge on any atom is 0.123 e. The van der Waals surface area contributed by atoms with Crippen LogP contribution in [0.15, 0.2) is 46.9 Å². The van der Waals surface area contributed by atoms with E-state index in [9.17, 15) is 8.78 Å². The number of nitrogens with one attached hydrogen (secondary N) is 1. The number of halogens is 3. The van der Waals surface area contributed by atoms with E-state index in [-0.39, 0.29) is 17.7 Å². The van der Waals surface area contributed by atoms with Gasteiger partial charge in [0.15, 0.2) is 0 Å². The molecule has 0 radical (unpaired) electrons. The van der Waals surface area contributed by atoms with E-state index >= 15 is 0 Å². The predicted octanol–water partition coefficient (Wildman–Crippen LogP) is 4.58. The normalized spacial score (nSPS) is 12.4. The molecule has 0 saturated carbocycles. The minimum atomic E-state index is -0.265. The molecular weight excluding hydrogens is 312 g/mol. The summed E-state index contributed by atoms with van der Waals surface area (Å²) in [7, 11) is 0. The number of benzene rings is 2. The quantitative estimate of drug-likeness (QED) is 0.867. The molecule has 0 aliphatic carbocycles. The molecule has 0 unspecified atom stereocenters. The Kier molecular flexibility index (Phi) is 4.66. The third-order valence-corrected chi connectivity index (χ3v) is 3.73. The Morgan fingerprint density at radius 2 is 1.84 bits per heavy atom. The van der Waals surface area contributed by atoms with Gasteiger partial charge in [-0.05, 0) is 48.4 Å². The van der Waals surface area contributed by atoms with Gasteiger partial charge in [-0.25, -0.2) is 8.78 Å². The van der Waals surface area contributed by atoms with Crippen LogP contribution >= 0.6 is 15.9 Å². The van der Waals surface area contributed by atoms with E-state index in [4.69, 9.17) is 0 Å². The second kappa shape index (κ2) is 6.26. The average Bonchev–Trinajstić information content (AvgIpc) is 2.39. The molecule has 0 aliphatic heterocycles. The summed E-state index contributed by atoms with van der Waals surface area (Å²) in [5.41, 5.74) is 1.70. The zero-order valence-electron chi connectivity index (χ0n) is 10.5. The molecule has 2 rings (SSSR count). The van der Waals surface area contributed by atoms with Gasteiger partial charge in [-0.3, -0.25) is 0 Å². The molecule has 0 amide bonds. The molecule has 1 nitrogen and oxygen atoms in total. The topological polar surface area (TPSA) is 12.0 Å². The highest BCUT2D eigenvalue weighted by molar-refractivity contribution is 9.10. The highest BCUT2D eigenvalue weighted by atomic mass is 79.9. The number of hydrogen-bond donors (Lipinski definition) is 1. The van der Waals surface area contributed by atoms with Gasteiger partial charge in [0.1, 0.15) is 11.6 Å². The standard InChI is InChI=1S/C15H14BrF2N/c1-10(11-3-2-4-13(17)7-11)19-9-12-8-14(18)5-6-15(12)16/h2-8,10,19H,9H2,1H3/t10-/m0/s1. The smallest absolute Gasteiger partial charge is 0.123 e. The summed E-state index contributed by atoms with van der Waals surface area (Å²) in [6.07, 6.45) is 0. The summed E-state index contributed by atoms with van der Waals surface area (Å²) < 4.78 is 27.1. The van der Waals surface area contributed by atoms with Crippen LogP contribution < -0.4 is 5.32 Å². The Balaban J connectivity index is 2.04. The van der Waals surface area contributed by atoms with Crippen molar-refractivity contribution in [3.63, 3.8) is 0 Å². The van der Waals surface area contributed by atoms with E-state index in [0.29, 0.717) is 6.54 Å². The Labute approximate surface area is 119 Å². The monoisotopic (exact) mass is 325 g/mol. The fourth-order valence-corrected chi connectivity index (χ4v) is 2.22. The van der Waals surface area contributed by atoms with E-state index in [2.05, 4.69) is 21.2 Å². The summed E-state index contributed by atoms with van der Waals surface area (Å²) >= 11 is 3.38. The van der Waals surface area contributed by atoms with Gasteiger partial charge in [0, 0.05) is 17.1 Å². The number of rotatable bonds is 4. The Morgan fingerprint density at radius 3 is 2.58 bits per heavy atom. The average molecular weight is 326 g/mol. The van der Waals surface area contributed by atoms with Crippen molar-refractivity contribution in [3.8, 4) is 0 Å². The van der Waals surface area contributed by atoms with Crippen LogP contribution in [0.25, 0.3) is 0 Å². The zero-order chi connectivity index (χ0) is 13.8. The molecule has 100 valence electrons. The van der Waals surface area contributed by atoms with Crippen LogP contribution in [0.4, 0.5) is 8.78 Å². The van der Waals surface area contributed by atoms with Crippen LogP contribution in [-0.2, 0) is 6.54 Å². The van der Waals surface area contributed by atoms with Crippen LogP contribution in [-0.4, -0.2) is 0 Å². The molecule has 0 aliphatic rings. The van der Waals surface area contributed by atoms with Gasteiger partial charge in [0.25, 0.3) is 0 Å². The summed E-state index contributed by atoms with van der Waals surface area (Å²) in [5.74, 6) is -0.517. The molecule has 0 spiro atoms. The maximum absolute atomic E-state index is 13.1. The van der Waals surface area contributed by atoms with E-state index in [0.717, 1.165) is 15.6 Å². The second-order valence-corrected chi connectivity index (χ2v) is 5.25. The molecule has 19 heavy (non-hydrogen) atoms. The van der Waals surface area contributed by atoms with Crippen LogP contribution in [0.2, 0.25) is 0 Å². The molecule has 0 fully saturated rings. The molecule has 0 heterocycles. The third-order valence-electron chi connectivity index (χ3n) is 2.96. The highest BCUT2D eigenvalue weighted by Gasteiger charge is 2.07. The Morgan fingerprint density at radius 1 is 1.11 bits per heavy atom. The zero-order valence-corrected chi connectivity index (χ0v) is 12.0. The van der Waals surface area contributed by atoms with Crippen LogP contribution in [0.3, 0.4) is 0 Å². The van der Waals surface area contributed by atoms with Gasteiger partial charge in [0.2, 0.25) is 0 Å². The van der Waals surface area contributed by atoms with Gasteiger partial charge in [-0.1, -0.05) is 28.1 Å². The van der Waals surface area contributed by atoms with Crippen molar-refractivity contribution in [1.29, 1.82) is 0 Å². The molecule has 1 N–H and O–H groups in total. The van der Waals surface area contributed by atoms with Gasteiger partial charge < -0.3 is 5.32 Å². The molecule has 0 bridgehead atoms. The lowest BCUT2D eigenvalue weighted by molar-refractivity contribution is 0.560. The largest absolute Gasteiger partial charge is 0.306 e. The minimum Gasteiger partial charge on any atom is -0.306 e. The summed E-state index contributed by atoms with van der Waals surface area (Å²) in [6, 6.07) is 11.0. The Hall–Kier alpha value is -1.26. The van der Waals surface area contributed by atoms with Crippen molar-refractivity contribution in [1.82, 2.24) is 5.32 Å². The van der Waals surface area contributed by atoms with E-state index in [1.807, 2.05) is 13.0 Å². The van der Waals surface area contributed by atoms with Crippen LogP contribution in [0, 0.1) is 11.6 Å². The van der Waals surface area contributed by atoms with Crippen LogP contribution in [0.5, 0.6) is 0 Å². The first-order chi connectivity index (χ1) is 9.06. The van der Waals surface area contributed by atoms with Crippen molar-refractivity contribution >= 4 is 15.9 Å². The van der Waals surface area contributed by atoms with Crippen molar-refractivity contribution in [2.75, 3.05) is 0 Å².